The lowest BCUT2D eigenvalue weighted by Crippen LogP contribution is -2.31. The number of carbonyl (C=O) groups is 1. The number of hydrogen-bond donors (Lipinski definition) is 2. The summed E-state index contributed by atoms with van der Waals surface area (Å²) in [6, 6.07) is 5.73. The highest BCUT2D eigenvalue weighted by Crippen LogP contribution is 2.46. The summed E-state index contributed by atoms with van der Waals surface area (Å²) in [4.78, 5) is 15.3. The van der Waals surface area contributed by atoms with Crippen LogP contribution < -0.4 is 11.3 Å². The molecule has 0 saturated heterocycles. The van der Waals surface area contributed by atoms with Gasteiger partial charge in [-0.25, -0.2) is 5.84 Å². The fourth-order valence-electron chi connectivity index (χ4n) is 1.51. The van der Waals surface area contributed by atoms with Crippen molar-refractivity contribution in [3.8, 4) is 0 Å². The Hall–Kier alpha value is -1.42. The minimum absolute atomic E-state index is 0.0277. The number of hydrogen-bond acceptors (Lipinski definition) is 3. The fourth-order valence-corrected chi connectivity index (χ4v) is 1.51. The van der Waals surface area contributed by atoms with Crippen LogP contribution in [-0.4, -0.2) is 10.9 Å². The van der Waals surface area contributed by atoms with E-state index < -0.39 is 0 Å². The molecule has 0 bridgehead atoms. The lowest BCUT2D eigenvalue weighted by Gasteiger charge is -1.97. The molecule has 2 atom stereocenters. The van der Waals surface area contributed by atoms with Gasteiger partial charge in [-0.3, -0.25) is 15.2 Å². The first-order valence-electron chi connectivity index (χ1n) is 4.24. The van der Waals surface area contributed by atoms with Crippen LogP contribution in [0.5, 0.6) is 0 Å². The molecule has 4 nitrogen and oxygen atoms in total. The van der Waals surface area contributed by atoms with Gasteiger partial charge in [-0.05, 0) is 18.6 Å². The van der Waals surface area contributed by atoms with Gasteiger partial charge in [0.05, 0.1) is 0 Å². The van der Waals surface area contributed by atoms with E-state index >= 15 is 0 Å². The third-order valence-corrected chi connectivity index (χ3v) is 2.34. The molecule has 1 aromatic rings. The third-order valence-electron chi connectivity index (χ3n) is 2.34. The Bertz CT molecular complexity index is 312. The van der Waals surface area contributed by atoms with Crippen LogP contribution in [0.2, 0.25) is 0 Å². The Morgan fingerprint density at radius 2 is 2.46 bits per heavy atom. The summed E-state index contributed by atoms with van der Waals surface area (Å²) in [5.41, 5.74) is 3.14. The molecule has 3 N–H and O–H groups in total. The first-order chi connectivity index (χ1) is 6.33. The van der Waals surface area contributed by atoms with Gasteiger partial charge in [0, 0.05) is 23.7 Å². The van der Waals surface area contributed by atoms with Gasteiger partial charge in [0.15, 0.2) is 0 Å². The monoisotopic (exact) mass is 177 g/mol. The van der Waals surface area contributed by atoms with Gasteiger partial charge in [0.25, 0.3) is 0 Å². The molecule has 68 valence electrons. The van der Waals surface area contributed by atoms with Crippen molar-refractivity contribution < 1.29 is 4.79 Å². The lowest BCUT2D eigenvalue weighted by molar-refractivity contribution is -0.122. The molecule has 0 unspecified atom stereocenters. The SMILES string of the molecule is NNC(=O)[C@@H]1C[C@H]1c1ccccn1. The number of hydrazine groups is 1. The van der Waals surface area contributed by atoms with Crippen molar-refractivity contribution in [1.82, 2.24) is 10.4 Å². The van der Waals surface area contributed by atoms with Gasteiger partial charge in [-0.1, -0.05) is 6.07 Å². The molecule has 1 fully saturated rings. The Balaban J connectivity index is 2.04. The zero-order valence-electron chi connectivity index (χ0n) is 7.10. The fraction of sp³-hybridized carbons (Fsp3) is 0.333. The van der Waals surface area contributed by atoms with Crippen molar-refractivity contribution in [3.63, 3.8) is 0 Å². The highest BCUT2D eigenvalue weighted by atomic mass is 16.2. The van der Waals surface area contributed by atoms with Crippen LogP contribution in [-0.2, 0) is 4.79 Å². The van der Waals surface area contributed by atoms with Gasteiger partial charge in [-0.15, -0.1) is 0 Å². The van der Waals surface area contributed by atoms with Gasteiger partial charge in [-0.2, -0.15) is 0 Å². The molecule has 0 aliphatic heterocycles. The molecule has 13 heavy (non-hydrogen) atoms. The largest absolute Gasteiger partial charge is 0.294 e. The van der Waals surface area contributed by atoms with Crippen LogP contribution in [0.15, 0.2) is 24.4 Å². The minimum Gasteiger partial charge on any atom is -0.294 e. The molecule has 1 amide bonds. The van der Waals surface area contributed by atoms with Crippen LogP contribution in [0.25, 0.3) is 0 Å². The Morgan fingerprint density at radius 1 is 1.62 bits per heavy atom. The number of rotatable bonds is 2. The van der Waals surface area contributed by atoms with Gasteiger partial charge in [0.2, 0.25) is 5.91 Å². The highest BCUT2D eigenvalue weighted by molar-refractivity contribution is 5.82. The quantitative estimate of drug-likeness (QED) is 0.384. The van der Waals surface area contributed by atoms with Gasteiger partial charge >= 0.3 is 0 Å². The first-order valence-corrected chi connectivity index (χ1v) is 4.24. The summed E-state index contributed by atoms with van der Waals surface area (Å²) >= 11 is 0. The molecule has 1 aromatic heterocycles. The maximum Gasteiger partial charge on any atom is 0.237 e. The van der Waals surface area contributed by atoms with Crippen LogP contribution in [0, 0.1) is 5.92 Å². The van der Waals surface area contributed by atoms with E-state index in [9.17, 15) is 4.79 Å². The van der Waals surface area contributed by atoms with E-state index in [1.54, 1.807) is 6.20 Å². The number of carbonyl (C=O) groups excluding carboxylic acids is 1. The lowest BCUT2D eigenvalue weighted by atomic mass is 10.2. The van der Waals surface area contributed by atoms with E-state index in [-0.39, 0.29) is 17.7 Å². The Morgan fingerprint density at radius 3 is 3.08 bits per heavy atom. The van der Waals surface area contributed by atoms with Gasteiger partial charge in [0.1, 0.15) is 0 Å². The van der Waals surface area contributed by atoms with Crippen molar-refractivity contribution in [1.29, 1.82) is 0 Å². The maximum absolute atomic E-state index is 11.1. The van der Waals surface area contributed by atoms with Crippen LogP contribution >= 0.6 is 0 Å². The van der Waals surface area contributed by atoms with Crippen molar-refractivity contribution in [2.75, 3.05) is 0 Å². The molecular weight excluding hydrogens is 166 g/mol. The highest BCUT2D eigenvalue weighted by Gasteiger charge is 2.44. The summed E-state index contributed by atoms with van der Waals surface area (Å²) in [5.74, 6) is 5.24. The molecule has 1 aliphatic carbocycles. The van der Waals surface area contributed by atoms with Crippen LogP contribution in [0.3, 0.4) is 0 Å². The zero-order chi connectivity index (χ0) is 9.26. The predicted molar refractivity (Wildman–Crippen MR) is 47.4 cm³/mol. The Kier molecular flexibility index (Phi) is 1.98. The number of nitrogens with two attached hydrogens (primary N) is 1. The van der Waals surface area contributed by atoms with E-state index in [1.807, 2.05) is 18.2 Å². The number of aromatic nitrogens is 1. The molecular formula is C9H11N3O. The molecule has 2 rings (SSSR count). The molecule has 0 radical (unpaired) electrons. The standard InChI is InChI=1S/C9H11N3O/c10-12-9(13)7-5-6(7)8-3-1-2-4-11-8/h1-4,6-7H,5,10H2,(H,12,13)/t6-,7-/m1/s1. The van der Waals surface area contributed by atoms with Gasteiger partial charge < -0.3 is 0 Å². The van der Waals surface area contributed by atoms with E-state index in [2.05, 4.69) is 10.4 Å². The zero-order valence-corrected chi connectivity index (χ0v) is 7.10. The summed E-state index contributed by atoms with van der Waals surface area (Å²) in [7, 11) is 0. The molecule has 4 heteroatoms. The maximum atomic E-state index is 11.1. The summed E-state index contributed by atoms with van der Waals surface area (Å²) in [6.45, 7) is 0. The topological polar surface area (TPSA) is 68.0 Å². The van der Waals surface area contributed by atoms with E-state index in [0.717, 1.165) is 12.1 Å². The second-order valence-corrected chi connectivity index (χ2v) is 3.21. The van der Waals surface area contributed by atoms with Crippen molar-refractivity contribution in [2.24, 2.45) is 11.8 Å². The normalized spacial score (nSPS) is 25.3. The number of amides is 1. The molecule has 1 heterocycles. The summed E-state index contributed by atoms with van der Waals surface area (Å²) in [6.07, 6.45) is 2.60. The second-order valence-electron chi connectivity index (χ2n) is 3.21. The third kappa shape index (κ3) is 1.53. The number of nitrogens with zero attached hydrogens (tertiary/aromatic N) is 1. The van der Waals surface area contributed by atoms with E-state index in [1.165, 1.54) is 0 Å². The molecule has 0 spiro atoms. The van der Waals surface area contributed by atoms with E-state index in [0.29, 0.717) is 0 Å². The predicted octanol–water partition coefficient (Wildman–Crippen LogP) is 0.175. The second kappa shape index (κ2) is 3.14. The van der Waals surface area contributed by atoms with Crippen molar-refractivity contribution in [3.05, 3.63) is 30.1 Å². The Labute approximate surface area is 76.1 Å². The smallest absolute Gasteiger partial charge is 0.237 e. The molecule has 0 aromatic carbocycles. The first kappa shape index (κ1) is 8.19. The molecule has 1 saturated carbocycles. The number of nitrogens with one attached hydrogen (secondary N) is 1. The van der Waals surface area contributed by atoms with Crippen molar-refractivity contribution >= 4 is 5.91 Å². The van der Waals surface area contributed by atoms with Crippen LogP contribution in [0.4, 0.5) is 0 Å². The average molecular weight is 177 g/mol. The summed E-state index contributed by atoms with van der Waals surface area (Å²) in [5, 5.41) is 0. The van der Waals surface area contributed by atoms with Crippen LogP contribution in [0.1, 0.15) is 18.0 Å². The summed E-state index contributed by atoms with van der Waals surface area (Å²) < 4.78 is 0. The number of pyridine rings is 1. The average Bonchev–Trinajstić information content (AvgIpc) is 2.98. The molecule has 1 aliphatic rings. The van der Waals surface area contributed by atoms with E-state index in [4.69, 9.17) is 5.84 Å². The van der Waals surface area contributed by atoms with Crippen molar-refractivity contribution in [2.45, 2.75) is 12.3 Å². The minimum atomic E-state index is -0.0874.